The molecule has 3 aromatic heterocycles. The minimum atomic E-state index is -0.193. The van der Waals surface area contributed by atoms with E-state index < -0.39 is 0 Å². The van der Waals surface area contributed by atoms with Gasteiger partial charge in [0, 0.05) is 44.3 Å². The second-order valence-electron chi connectivity index (χ2n) is 15.5. The minimum absolute atomic E-state index is 0. The fourth-order valence-electron chi connectivity index (χ4n) is 7.14. The number of aryl methyl sites for hydroxylation is 2. The molecule has 0 spiro atoms. The molecule has 0 N–H and O–H groups in total. The van der Waals surface area contributed by atoms with Crippen molar-refractivity contribution in [2.24, 2.45) is 0 Å². The zero-order chi connectivity index (χ0) is 35.7. The van der Waals surface area contributed by atoms with E-state index in [0.29, 0.717) is 11.5 Å². The Morgan fingerprint density at radius 3 is 2.17 bits per heavy atom. The largest absolute Gasteiger partial charge is 0.510 e. The van der Waals surface area contributed by atoms with E-state index in [4.69, 9.17) is 9.72 Å². The molecule has 0 unspecified atom stereocenters. The second-order valence-corrected chi connectivity index (χ2v) is 15.5. The van der Waals surface area contributed by atoms with E-state index in [1.807, 2.05) is 30.5 Å². The summed E-state index contributed by atoms with van der Waals surface area (Å²) >= 11 is 0. The Bertz CT molecular complexity index is 2600. The molecule has 8 rings (SSSR count). The normalized spacial score (nSPS) is 12.1. The third-order valence-corrected chi connectivity index (χ3v) is 9.71. The molecule has 5 nitrogen and oxygen atoms in total. The Hall–Kier alpha value is -4.99. The molecule has 0 aliphatic carbocycles. The van der Waals surface area contributed by atoms with Crippen LogP contribution in [0.15, 0.2) is 109 Å². The predicted molar refractivity (Wildman–Crippen MR) is 207 cm³/mol. The monoisotopic (exact) mass is 861 g/mol. The van der Waals surface area contributed by atoms with E-state index in [0.717, 1.165) is 44.3 Å². The maximum atomic E-state index is 6.52. The van der Waals surface area contributed by atoms with Crippen LogP contribution < -0.4 is 9.30 Å². The topological polar surface area (TPSA) is 35.9 Å². The second kappa shape index (κ2) is 13.2. The van der Waals surface area contributed by atoms with Crippen LogP contribution in [0, 0.1) is 32.3 Å². The fourth-order valence-corrected chi connectivity index (χ4v) is 7.14. The van der Waals surface area contributed by atoms with E-state index in [-0.39, 0.29) is 32.0 Å². The number of hydrogen-bond acceptors (Lipinski definition) is 2. The first-order valence-electron chi connectivity index (χ1n) is 17.6. The van der Waals surface area contributed by atoms with E-state index in [9.17, 15) is 0 Å². The summed E-state index contributed by atoms with van der Waals surface area (Å²) in [5.41, 5.74) is 11.0. The molecule has 0 saturated carbocycles. The van der Waals surface area contributed by atoms with Gasteiger partial charge in [0.25, 0.3) is 0 Å². The molecule has 52 heavy (non-hydrogen) atoms. The quantitative estimate of drug-likeness (QED) is 0.128. The molecule has 5 aromatic carbocycles. The molecule has 264 valence electrons. The van der Waals surface area contributed by atoms with Crippen molar-refractivity contribution in [2.45, 2.75) is 66.3 Å². The van der Waals surface area contributed by atoms with E-state index in [1.54, 1.807) is 0 Å². The maximum absolute atomic E-state index is 6.52. The first-order chi connectivity index (χ1) is 24.4. The Balaban J connectivity index is 0.00000420. The van der Waals surface area contributed by atoms with Gasteiger partial charge in [0.2, 0.25) is 6.33 Å². The summed E-state index contributed by atoms with van der Waals surface area (Å²) in [6.07, 6.45) is 5.55. The van der Waals surface area contributed by atoms with Crippen molar-refractivity contribution in [1.82, 2.24) is 14.1 Å². The number of aromatic nitrogens is 4. The standard InChI is InChI=1S/C46H42N4O.Pt/c1-30-13-11-14-31(2)44(30)32-19-22-40-42(25-32)49(46(6,7)8)29-48(40)34-15-12-16-35(27-34)51-36-20-21-38-37-17-9-10-18-39(37)50(41(38)28-36)43-26-33(23-24-47-43)45(3,4)5;/h9-26H,1-8H3;/q-2;. The van der Waals surface area contributed by atoms with Gasteiger partial charge in [0.1, 0.15) is 5.82 Å². The zero-order valence-corrected chi connectivity index (χ0v) is 33.2. The van der Waals surface area contributed by atoms with Gasteiger partial charge < -0.3 is 18.4 Å². The molecule has 0 aliphatic heterocycles. The first-order valence-corrected chi connectivity index (χ1v) is 17.6. The zero-order valence-electron chi connectivity index (χ0n) is 30.9. The molecule has 8 aromatic rings. The van der Waals surface area contributed by atoms with E-state index in [1.165, 1.54) is 27.8 Å². The Labute approximate surface area is 320 Å². The molecular formula is C46H42N4OPt-2. The van der Waals surface area contributed by atoms with Gasteiger partial charge in [-0.3, -0.25) is 0 Å². The Morgan fingerprint density at radius 2 is 1.42 bits per heavy atom. The SMILES string of the molecule is Cc1cccc(C)c1-c1ccc2c(c1)[n+](C(C)(C)C)[c-]n2-c1[c-]c(Oc2[c-]c3c(cc2)c2ccccc2n3-c2cc(C(C)(C)C)ccn2)ccc1.[Pt]. The summed E-state index contributed by atoms with van der Waals surface area (Å²) in [4.78, 5) is 4.82. The van der Waals surface area contributed by atoms with Crippen molar-refractivity contribution in [1.29, 1.82) is 0 Å². The molecule has 0 atom stereocenters. The molecule has 0 bridgehead atoms. The van der Waals surface area contributed by atoms with Crippen molar-refractivity contribution >= 4 is 32.8 Å². The molecule has 0 fully saturated rings. The molecule has 0 saturated heterocycles. The van der Waals surface area contributed by atoms with Gasteiger partial charge in [0.05, 0.1) is 16.6 Å². The summed E-state index contributed by atoms with van der Waals surface area (Å²) < 4.78 is 13.0. The minimum Gasteiger partial charge on any atom is -0.510 e. The number of nitrogens with zero attached hydrogens (tertiary/aromatic N) is 4. The van der Waals surface area contributed by atoms with Crippen LogP contribution in [-0.2, 0) is 32.0 Å². The summed E-state index contributed by atoms with van der Waals surface area (Å²) in [6, 6.07) is 43.1. The van der Waals surface area contributed by atoms with Crippen LogP contribution in [0.25, 0.3) is 55.5 Å². The number of hydrogen-bond donors (Lipinski definition) is 0. The summed E-state index contributed by atoms with van der Waals surface area (Å²) in [5.74, 6) is 2.07. The number of ether oxygens (including phenoxy) is 1. The third-order valence-electron chi connectivity index (χ3n) is 9.71. The van der Waals surface area contributed by atoms with Gasteiger partial charge in [0.15, 0.2) is 0 Å². The summed E-state index contributed by atoms with van der Waals surface area (Å²) in [5, 5.41) is 2.24. The number of rotatable bonds is 5. The smallest absolute Gasteiger partial charge is 0.243 e. The molecule has 0 radical (unpaired) electrons. The van der Waals surface area contributed by atoms with Crippen LogP contribution in [0.4, 0.5) is 0 Å². The van der Waals surface area contributed by atoms with Crippen molar-refractivity contribution in [2.75, 3.05) is 0 Å². The predicted octanol–water partition coefficient (Wildman–Crippen LogP) is 10.9. The van der Waals surface area contributed by atoms with Crippen LogP contribution in [0.5, 0.6) is 11.5 Å². The molecule has 0 amide bonds. The summed E-state index contributed by atoms with van der Waals surface area (Å²) in [6.45, 7) is 17.7. The van der Waals surface area contributed by atoms with Crippen LogP contribution in [0.1, 0.15) is 58.2 Å². The number of para-hydroxylation sites is 1. The van der Waals surface area contributed by atoms with Crippen molar-refractivity contribution in [3.63, 3.8) is 0 Å². The average Bonchev–Trinajstić information content (AvgIpc) is 3.64. The van der Waals surface area contributed by atoms with Crippen molar-refractivity contribution in [3.05, 3.63) is 144 Å². The van der Waals surface area contributed by atoms with Gasteiger partial charge in [-0.15, -0.1) is 29.7 Å². The van der Waals surface area contributed by atoms with Crippen LogP contribution in [0.3, 0.4) is 0 Å². The molecule has 0 aliphatic rings. The first kappa shape index (κ1) is 35.4. The number of fused-ring (bicyclic) bond motifs is 4. The van der Waals surface area contributed by atoms with Crippen LogP contribution >= 0.6 is 0 Å². The van der Waals surface area contributed by atoms with Crippen molar-refractivity contribution in [3.8, 4) is 34.1 Å². The van der Waals surface area contributed by atoms with Gasteiger partial charge >= 0.3 is 0 Å². The van der Waals surface area contributed by atoms with E-state index in [2.05, 4.69) is 166 Å². The van der Waals surface area contributed by atoms with Gasteiger partial charge in [-0.1, -0.05) is 86.6 Å². The Kier molecular flexibility index (Phi) is 8.99. The third kappa shape index (κ3) is 6.26. The van der Waals surface area contributed by atoms with Crippen molar-refractivity contribution < 1.29 is 30.4 Å². The van der Waals surface area contributed by atoms with Gasteiger partial charge in [-0.2, -0.15) is 18.2 Å². The number of pyridine rings is 1. The van der Waals surface area contributed by atoms with Gasteiger partial charge in [-0.25, -0.2) is 4.98 Å². The van der Waals surface area contributed by atoms with Crippen LogP contribution in [0.2, 0.25) is 0 Å². The molecule has 6 heteroatoms. The molecular weight excluding hydrogens is 820 g/mol. The summed E-state index contributed by atoms with van der Waals surface area (Å²) in [7, 11) is 0. The maximum Gasteiger partial charge on any atom is 0.243 e. The average molecular weight is 862 g/mol. The van der Waals surface area contributed by atoms with Crippen LogP contribution in [-0.4, -0.2) is 14.1 Å². The number of imidazole rings is 1. The molecule has 3 heterocycles. The Morgan fingerprint density at radius 1 is 0.692 bits per heavy atom. The van der Waals surface area contributed by atoms with E-state index >= 15 is 0 Å². The van der Waals surface area contributed by atoms with Gasteiger partial charge in [-0.05, 0) is 91.4 Å². The fraction of sp³-hybridized carbons (Fsp3) is 0.217. The number of benzene rings is 5.